The van der Waals surface area contributed by atoms with Crippen molar-refractivity contribution in [2.75, 3.05) is 5.32 Å². The second-order valence-electron chi connectivity index (χ2n) is 5.94. The van der Waals surface area contributed by atoms with Crippen LogP contribution >= 0.6 is 11.6 Å². The summed E-state index contributed by atoms with van der Waals surface area (Å²) < 4.78 is 5.69. The van der Waals surface area contributed by atoms with E-state index in [9.17, 15) is 4.79 Å². The number of nitrogens with one attached hydrogen (secondary N) is 1. The summed E-state index contributed by atoms with van der Waals surface area (Å²) in [4.78, 5) is 12.2. The first-order chi connectivity index (χ1) is 10.9. The van der Waals surface area contributed by atoms with Crippen molar-refractivity contribution in [3.05, 3.63) is 58.6 Å². The van der Waals surface area contributed by atoms with Crippen LogP contribution in [0.25, 0.3) is 0 Å². The van der Waals surface area contributed by atoms with Crippen molar-refractivity contribution in [2.45, 2.75) is 39.7 Å². The molecule has 0 aromatic heterocycles. The number of rotatable bonds is 5. The van der Waals surface area contributed by atoms with Gasteiger partial charge in [-0.2, -0.15) is 0 Å². The van der Waals surface area contributed by atoms with Gasteiger partial charge >= 0.3 is 0 Å². The molecule has 0 radical (unpaired) electrons. The van der Waals surface area contributed by atoms with E-state index in [1.165, 1.54) is 5.56 Å². The molecular weight excluding hydrogens is 310 g/mol. The van der Waals surface area contributed by atoms with Crippen LogP contribution < -0.4 is 10.1 Å². The second kappa shape index (κ2) is 7.51. The highest BCUT2D eigenvalue weighted by molar-refractivity contribution is 6.31. The Hall–Kier alpha value is -2.00. The molecule has 122 valence electrons. The maximum absolute atomic E-state index is 12.2. The molecule has 0 bridgehead atoms. The van der Waals surface area contributed by atoms with Crippen LogP contribution in [0.4, 0.5) is 5.69 Å². The molecule has 2 rings (SSSR count). The van der Waals surface area contributed by atoms with E-state index in [4.69, 9.17) is 16.3 Å². The van der Waals surface area contributed by atoms with E-state index in [1.807, 2.05) is 43.3 Å². The van der Waals surface area contributed by atoms with E-state index in [2.05, 4.69) is 19.2 Å². The zero-order valence-electron chi connectivity index (χ0n) is 13.9. The van der Waals surface area contributed by atoms with Gasteiger partial charge in [0.05, 0.1) is 0 Å². The highest BCUT2D eigenvalue weighted by atomic mass is 35.5. The van der Waals surface area contributed by atoms with E-state index in [0.29, 0.717) is 22.4 Å². The monoisotopic (exact) mass is 331 g/mol. The fourth-order valence-electron chi connectivity index (χ4n) is 2.10. The van der Waals surface area contributed by atoms with Crippen LogP contribution in [0, 0.1) is 6.92 Å². The lowest BCUT2D eigenvalue weighted by Gasteiger charge is -2.16. The van der Waals surface area contributed by atoms with E-state index in [-0.39, 0.29) is 5.91 Å². The summed E-state index contributed by atoms with van der Waals surface area (Å²) in [6.45, 7) is 7.92. The molecule has 0 saturated carbocycles. The summed E-state index contributed by atoms with van der Waals surface area (Å²) in [6.07, 6.45) is -0.597. The summed E-state index contributed by atoms with van der Waals surface area (Å²) in [7, 11) is 0. The third-order valence-electron chi connectivity index (χ3n) is 3.67. The molecule has 0 heterocycles. The van der Waals surface area contributed by atoms with Gasteiger partial charge < -0.3 is 10.1 Å². The maximum Gasteiger partial charge on any atom is 0.265 e. The molecule has 2 aromatic rings. The minimum Gasteiger partial charge on any atom is -0.481 e. The van der Waals surface area contributed by atoms with Crippen molar-refractivity contribution in [1.29, 1.82) is 0 Å². The number of amides is 1. The van der Waals surface area contributed by atoms with Gasteiger partial charge in [-0.05, 0) is 55.2 Å². The van der Waals surface area contributed by atoms with Crippen molar-refractivity contribution in [2.24, 2.45) is 0 Å². The number of carbonyl (C=O) groups is 1. The Bertz CT molecular complexity index is 680. The first-order valence-corrected chi connectivity index (χ1v) is 8.08. The van der Waals surface area contributed by atoms with Crippen molar-refractivity contribution < 1.29 is 9.53 Å². The molecule has 0 aliphatic rings. The van der Waals surface area contributed by atoms with E-state index >= 15 is 0 Å². The topological polar surface area (TPSA) is 38.3 Å². The van der Waals surface area contributed by atoms with Gasteiger partial charge in [0.15, 0.2) is 6.10 Å². The molecule has 0 saturated heterocycles. The lowest BCUT2D eigenvalue weighted by Crippen LogP contribution is -2.30. The zero-order chi connectivity index (χ0) is 17.0. The van der Waals surface area contributed by atoms with Crippen LogP contribution in [-0.2, 0) is 4.79 Å². The number of aryl methyl sites for hydroxylation is 1. The number of anilines is 1. The van der Waals surface area contributed by atoms with Crippen molar-refractivity contribution in [3.8, 4) is 5.75 Å². The Labute approximate surface area is 142 Å². The van der Waals surface area contributed by atoms with E-state index < -0.39 is 6.10 Å². The summed E-state index contributed by atoms with van der Waals surface area (Å²) in [5.74, 6) is 0.938. The van der Waals surface area contributed by atoms with Crippen LogP contribution in [0.5, 0.6) is 5.75 Å². The lowest BCUT2D eigenvalue weighted by molar-refractivity contribution is -0.122. The molecular formula is C19H22ClNO2. The third-order valence-corrected chi connectivity index (χ3v) is 4.08. The summed E-state index contributed by atoms with van der Waals surface area (Å²) in [5, 5.41) is 3.44. The molecule has 0 spiro atoms. The van der Waals surface area contributed by atoms with E-state index in [0.717, 1.165) is 5.56 Å². The van der Waals surface area contributed by atoms with Gasteiger partial charge in [0.2, 0.25) is 0 Å². The maximum atomic E-state index is 12.2. The molecule has 3 nitrogen and oxygen atoms in total. The first-order valence-electron chi connectivity index (χ1n) is 7.70. The first kappa shape index (κ1) is 17.4. The van der Waals surface area contributed by atoms with Gasteiger partial charge in [0.25, 0.3) is 5.91 Å². The molecule has 1 N–H and O–H groups in total. The Balaban J connectivity index is 1.97. The molecule has 2 aromatic carbocycles. The predicted octanol–water partition coefficient (Wildman–Crippen LogP) is 5.18. The molecule has 1 atom stereocenters. The normalized spacial score (nSPS) is 12.1. The van der Waals surface area contributed by atoms with Crippen molar-refractivity contribution in [1.82, 2.24) is 0 Å². The Morgan fingerprint density at radius 3 is 2.30 bits per heavy atom. The predicted molar refractivity (Wildman–Crippen MR) is 95.4 cm³/mol. The van der Waals surface area contributed by atoms with Crippen LogP contribution in [0.2, 0.25) is 5.02 Å². The van der Waals surface area contributed by atoms with Gasteiger partial charge in [-0.15, -0.1) is 0 Å². The van der Waals surface area contributed by atoms with Gasteiger partial charge in [-0.25, -0.2) is 0 Å². The van der Waals surface area contributed by atoms with Crippen LogP contribution in [-0.4, -0.2) is 12.0 Å². The second-order valence-corrected chi connectivity index (χ2v) is 6.34. The number of ether oxygens (including phenoxy) is 1. The molecule has 0 unspecified atom stereocenters. The molecule has 1 amide bonds. The Kier molecular flexibility index (Phi) is 5.67. The van der Waals surface area contributed by atoms with E-state index in [1.54, 1.807) is 13.0 Å². The van der Waals surface area contributed by atoms with Crippen LogP contribution in [0.1, 0.15) is 37.8 Å². The van der Waals surface area contributed by atoms with Gasteiger partial charge in [0, 0.05) is 10.7 Å². The van der Waals surface area contributed by atoms with Crippen LogP contribution in [0.15, 0.2) is 42.5 Å². The minimum absolute atomic E-state index is 0.210. The molecule has 0 aliphatic carbocycles. The summed E-state index contributed by atoms with van der Waals surface area (Å²) >= 11 is 6.06. The average Bonchev–Trinajstić information content (AvgIpc) is 2.51. The summed E-state index contributed by atoms with van der Waals surface area (Å²) in [5.41, 5.74) is 2.87. The smallest absolute Gasteiger partial charge is 0.265 e. The molecule has 23 heavy (non-hydrogen) atoms. The Morgan fingerprint density at radius 2 is 1.74 bits per heavy atom. The fraction of sp³-hybridized carbons (Fsp3) is 0.316. The lowest BCUT2D eigenvalue weighted by atomic mass is 10.0. The SMILES string of the molecule is Cc1ccc(NC(=O)[C@@H](C)Oc2ccc(C(C)C)cc2)cc1Cl. The fourth-order valence-corrected chi connectivity index (χ4v) is 2.28. The quantitative estimate of drug-likeness (QED) is 0.820. The Morgan fingerprint density at radius 1 is 1.09 bits per heavy atom. The highest BCUT2D eigenvalue weighted by Crippen LogP contribution is 2.21. The highest BCUT2D eigenvalue weighted by Gasteiger charge is 2.15. The van der Waals surface area contributed by atoms with Crippen molar-refractivity contribution in [3.63, 3.8) is 0 Å². The van der Waals surface area contributed by atoms with Gasteiger partial charge in [0.1, 0.15) is 5.75 Å². The minimum atomic E-state index is -0.597. The number of benzene rings is 2. The number of hydrogen-bond acceptors (Lipinski definition) is 2. The number of halogens is 1. The molecule has 4 heteroatoms. The van der Waals surface area contributed by atoms with Gasteiger partial charge in [-0.1, -0.05) is 43.6 Å². The number of carbonyl (C=O) groups excluding carboxylic acids is 1. The van der Waals surface area contributed by atoms with Crippen LogP contribution in [0.3, 0.4) is 0 Å². The average molecular weight is 332 g/mol. The third kappa shape index (κ3) is 4.73. The number of hydrogen-bond donors (Lipinski definition) is 1. The molecule has 0 aliphatic heterocycles. The largest absolute Gasteiger partial charge is 0.481 e. The van der Waals surface area contributed by atoms with Gasteiger partial charge in [-0.3, -0.25) is 4.79 Å². The van der Waals surface area contributed by atoms with Crippen molar-refractivity contribution >= 4 is 23.2 Å². The zero-order valence-corrected chi connectivity index (χ0v) is 14.6. The standard InChI is InChI=1S/C19H22ClNO2/c1-12(2)15-6-9-17(10-7-15)23-14(4)19(22)21-16-8-5-13(3)18(20)11-16/h5-12,14H,1-4H3,(H,21,22)/t14-/m1/s1. The summed E-state index contributed by atoms with van der Waals surface area (Å²) in [6, 6.07) is 13.2. The molecule has 0 fully saturated rings.